The Bertz CT molecular complexity index is 504. The lowest BCUT2D eigenvalue weighted by Gasteiger charge is -2.60. The molecular weight excluding hydrogens is 319 g/mol. The van der Waals surface area contributed by atoms with Gasteiger partial charge in [0.05, 0.1) is 0 Å². The Hall–Kier alpha value is 0.170. The molecule has 0 aromatic carbocycles. The summed E-state index contributed by atoms with van der Waals surface area (Å²) in [6.45, 7) is 7.54. The second kappa shape index (κ2) is 7.30. The minimum absolute atomic E-state index is 0.184. The summed E-state index contributed by atoms with van der Waals surface area (Å²) in [6.07, 6.45) is 24.2. The Morgan fingerprint density at radius 1 is 1.08 bits per heavy atom. The van der Waals surface area contributed by atoms with Gasteiger partial charge in [-0.15, -0.1) is 0 Å². The molecule has 0 amide bonds. The van der Waals surface area contributed by atoms with Crippen LogP contribution in [0.5, 0.6) is 0 Å². The van der Waals surface area contributed by atoms with Gasteiger partial charge in [0.2, 0.25) is 0 Å². The summed E-state index contributed by atoms with van der Waals surface area (Å²) >= 11 is 0. The molecule has 3 fully saturated rings. The van der Waals surface area contributed by atoms with Gasteiger partial charge >= 0.3 is 0 Å². The minimum Gasteiger partial charge on any atom is -0.0936 e. The standard InChI is InChI=1S/C24H41P/c1-4-5-12-25(23-10-6-8-21(17-23)13-19(2)15-23)24-11-7-9-22(18-24)14-20(3)16-24/h13,19-20,22H,4-12,14-18H2,1-3H3. The van der Waals surface area contributed by atoms with E-state index in [-0.39, 0.29) is 7.92 Å². The molecule has 25 heavy (non-hydrogen) atoms. The maximum Gasteiger partial charge on any atom is -0.00467 e. The molecular formula is C24H41P. The molecule has 0 radical (unpaired) electrons. The van der Waals surface area contributed by atoms with Gasteiger partial charge in [-0.25, -0.2) is 0 Å². The van der Waals surface area contributed by atoms with E-state index in [9.17, 15) is 0 Å². The average molecular weight is 361 g/mol. The Balaban J connectivity index is 1.69. The lowest BCUT2D eigenvalue weighted by atomic mass is 9.68. The van der Waals surface area contributed by atoms with Crippen LogP contribution in [-0.4, -0.2) is 16.5 Å². The van der Waals surface area contributed by atoms with Gasteiger partial charge in [-0.3, -0.25) is 0 Å². The van der Waals surface area contributed by atoms with E-state index in [1.807, 2.05) is 5.57 Å². The van der Waals surface area contributed by atoms with E-state index < -0.39 is 0 Å². The molecule has 4 rings (SSSR count). The summed E-state index contributed by atoms with van der Waals surface area (Å²) in [7, 11) is 0.184. The molecule has 0 saturated heterocycles. The Labute approximate surface area is 158 Å². The third kappa shape index (κ3) is 3.51. The van der Waals surface area contributed by atoms with E-state index in [1.165, 1.54) is 38.5 Å². The summed E-state index contributed by atoms with van der Waals surface area (Å²) in [5.74, 6) is 2.94. The summed E-state index contributed by atoms with van der Waals surface area (Å²) in [4.78, 5) is 0. The first-order valence-corrected chi connectivity index (χ1v) is 13.1. The van der Waals surface area contributed by atoms with Crippen molar-refractivity contribution in [1.82, 2.24) is 0 Å². The Morgan fingerprint density at radius 2 is 1.92 bits per heavy atom. The highest BCUT2D eigenvalue weighted by Gasteiger charge is 2.54. The fourth-order valence-electron chi connectivity index (χ4n) is 7.76. The monoisotopic (exact) mass is 360 g/mol. The second-order valence-electron chi connectivity index (χ2n) is 10.5. The molecule has 3 saturated carbocycles. The van der Waals surface area contributed by atoms with E-state index in [0.717, 1.165) is 28.1 Å². The normalized spacial score (nSPS) is 44.9. The van der Waals surface area contributed by atoms with Crippen LogP contribution >= 0.6 is 7.92 Å². The largest absolute Gasteiger partial charge is 0.0936 e. The first-order valence-electron chi connectivity index (χ1n) is 11.5. The molecule has 0 aliphatic heterocycles. The van der Waals surface area contributed by atoms with Crippen LogP contribution in [0.2, 0.25) is 0 Å². The number of hydrogen-bond donors (Lipinski definition) is 0. The molecule has 0 aromatic heterocycles. The van der Waals surface area contributed by atoms with Crippen molar-refractivity contribution in [3.63, 3.8) is 0 Å². The molecule has 4 aliphatic rings. The maximum absolute atomic E-state index is 2.68. The van der Waals surface area contributed by atoms with Crippen LogP contribution < -0.4 is 0 Å². The van der Waals surface area contributed by atoms with Gasteiger partial charge in [0.1, 0.15) is 0 Å². The van der Waals surface area contributed by atoms with Crippen molar-refractivity contribution >= 4 is 7.92 Å². The zero-order valence-electron chi connectivity index (χ0n) is 17.2. The molecule has 0 aromatic rings. The van der Waals surface area contributed by atoms with E-state index in [1.54, 1.807) is 51.1 Å². The number of rotatable bonds is 5. The lowest BCUT2D eigenvalue weighted by Crippen LogP contribution is -2.48. The SMILES string of the molecule is CCCCP(C12CCCC(=CC(C)C1)C2)C12CCCC(CC(C)C1)C2. The smallest absolute Gasteiger partial charge is 0.00467 e. The number of allylic oxidation sites excluding steroid dienone is 2. The predicted octanol–water partition coefficient (Wildman–Crippen LogP) is 7.91. The maximum atomic E-state index is 2.68. The number of unbranched alkanes of at least 4 members (excludes halogenated alkanes) is 1. The van der Waals surface area contributed by atoms with Crippen molar-refractivity contribution in [1.29, 1.82) is 0 Å². The van der Waals surface area contributed by atoms with Gasteiger partial charge in [-0.05, 0) is 98.4 Å². The van der Waals surface area contributed by atoms with Crippen LogP contribution in [0.4, 0.5) is 0 Å². The minimum atomic E-state index is 0.184. The molecule has 0 nitrogen and oxygen atoms in total. The van der Waals surface area contributed by atoms with Gasteiger partial charge in [-0.1, -0.05) is 59.6 Å². The fraction of sp³-hybridized carbons (Fsp3) is 0.917. The molecule has 142 valence electrons. The van der Waals surface area contributed by atoms with Gasteiger partial charge in [-0.2, -0.15) is 0 Å². The van der Waals surface area contributed by atoms with Crippen LogP contribution in [0.25, 0.3) is 0 Å². The highest BCUT2D eigenvalue weighted by atomic mass is 31.1. The highest BCUT2D eigenvalue weighted by molar-refractivity contribution is 7.61. The molecule has 0 N–H and O–H groups in total. The summed E-state index contributed by atoms with van der Waals surface area (Å²) in [6, 6.07) is 0. The number of fused-ring (bicyclic) bond motifs is 4. The first kappa shape index (κ1) is 18.5. The van der Waals surface area contributed by atoms with Crippen molar-refractivity contribution in [2.24, 2.45) is 17.8 Å². The van der Waals surface area contributed by atoms with Gasteiger partial charge < -0.3 is 0 Å². The van der Waals surface area contributed by atoms with E-state index >= 15 is 0 Å². The average Bonchev–Trinajstić information content (AvgIpc) is 2.53. The van der Waals surface area contributed by atoms with E-state index in [4.69, 9.17) is 0 Å². The van der Waals surface area contributed by atoms with Gasteiger partial charge in [0, 0.05) is 0 Å². The number of hydrogen-bond acceptors (Lipinski definition) is 0. The molecule has 0 heterocycles. The summed E-state index contributed by atoms with van der Waals surface area (Å²) in [5.41, 5.74) is 1.86. The molecule has 6 unspecified atom stereocenters. The predicted molar refractivity (Wildman–Crippen MR) is 113 cm³/mol. The molecule has 6 atom stereocenters. The van der Waals surface area contributed by atoms with Crippen LogP contribution in [0.1, 0.15) is 104 Å². The molecule has 0 spiro atoms. The fourth-order valence-corrected chi connectivity index (χ4v) is 13.1. The van der Waals surface area contributed by atoms with Crippen LogP contribution in [0, 0.1) is 17.8 Å². The third-order valence-corrected chi connectivity index (χ3v) is 12.4. The molecule has 4 aliphatic carbocycles. The summed E-state index contributed by atoms with van der Waals surface area (Å²) in [5, 5.41) is 1.52. The lowest BCUT2D eigenvalue weighted by molar-refractivity contribution is 0.162. The third-order valence-electron chi connectivity index (χ3n) is 8.19. The van der Waals surface area contributed by atoms with Crippen molar-refractivity contribution < 1.29 is 0 Å². The Morgan fingerprint density at radius 3 is 2.76 bits per heavy atom. The summed E-state index contributed by atoms with van der Waals surface area (Å²) < 4.78 is 0. The molecule has 1 heteroatoms. The zero-order valence-corrected chi connectivity index (χ0v) is 18.1. The first-order chi connectivity index (χ1) is 12.1. The molecule has 4 bridgehead atoms. The van der Waals surface area contributed by atoms with E-state index in [0.29, 0.717) is 0 Å². The Kier molecular flexibility index (Phi) is 5.41. The van der Waals surface area contributed by atoms with Crippen LogP contribution in [0.3, 0.4) is 0 Å². The van der Waals surface area contributed by atoms with E-state index in [2.05, 4.69) is 26.8 Å². The van der Waals surface area contributed by atoms with Gasteiger partial charge in [0.25, 0.3) is 0 Å². The van der Waals surface area contributed by atoms with Crippen LogP contribution in [0.15, 0.2) is 11.6 Å². The second-order valence-corrected chi connectivity index (χ2v) is 13.7. The quantitative estimate of drug-likeness (QED) is 0.345. The van der Waals surface area contributed by atoms with Crippen molar-refractivity contribution in [3.8, 4) is 0 Å². The highest BCUT2D eigenvalue weighted by Crippen LogP contribution is 2.74. The van der Waals surface area contributed by atoms with Gasteiger partial charge in [0.15, 0.2) is 0 Å². The topological polar surface area (TPSA) is 0 Å². The van der Waals surface area contributed by atoms with Crippen molar-refractivity contribution in [2.45, 2.75) is 115 Å². The van der Waals surface area contributed by atoms with Crippen molar-refractivity contribution in [3.05, 3.63) is 11.6 Å². The zero-order chi connectivity index (χ0) is 17.5. The van der Waals surface area contributed by atoms with Crippen LogP contribution in [-0.2, 0) is 0 Å². The van der Waals surface area contributed by atoms with Crippen molar-refractivity contribution in [2.75, 3.05) is 6.16 Å².